The Bertz CT molecular complexity index is 1290. The van der Waals surface area contributed by atoms with E-state index in [2.05, 4.69) is 61.7 Å². The smallest absolute Gasteiger partial charge is 0.229 e. The van der Waals surface area contributed by atoms with Crippen LogP contribution < -0.4 is 0 Å². The summed E-state index contributed by atoms with van der Waals surface area (Å²) in [4.78, 5) is 21.8. The van der Waals surface area contributed by atoms with Gasteiger partial charge in [0.05, 0.1) is 23.2 Å². The highest BCUT2D eigenvalue weighted by Gasteiger charge is 2.51. The van der Waals surface area contributed by atoms with E-state index >= 15 is 0 Å². The first-order valence-corrected chi connectivity index (χ1v) is 14.0. The van der Waals surface area contributed by atoms with Crippen LogP contribution >= 0.6 is 23.2 Å². The van der Waals surface area contributed by atoms with Crippen molar-refractivity contribution < 1.29 is 4.79 Å². The zero-order chi connectivity index (χ0) is 26.2. The van der Waals surface area contributed by atoms with Gasteiger partial charge in [-0.15, -0.1) is 6.58 Å². The molecule has 0 N–H and O–H groups in total. The third-order valence-corrected chi connectivity index (χ3v) is 8.52. The number of aromatic nitrogens is 1. The Morgan fingerprint density at radius 2 is 1.78 bits per heavy atom. The van der Waals surface area contributed by atoms with Crippen LogP contribution in [-0.2, 0) is 4.79 Å². The summed E-state index contributed by atoms with van der Waals surface area (Å²) in [6.07, 6.45) is 6.34. The highest BCUT2D eigenvalue weighted by Crippen LogP contribution is 2.54. The van der Waals surface area contributed by atoms with Crippen LogP contribution in [-0.4, -0.2) is 15.8 Å². The van der Waals surface area contributed by atoms with Crippen molar-refractivity contribution in [1.82, 2.24) is 9.88 Å². The molecule has 2 aromatic carbocycles. The minimum Gasteiger partial charge on any atom is -0.326 e. The number of carbonyl (C=O) groups is 1. The number of pyridine rings is 1. The number of benzene rings is 2. The van der Waals surface area contributed by atoms with Crippen molar-refractivity contribution in [3.05, 3.63) is 112 Å². The Morgan fingerprint density at radius 1 is 1.05 bits per heavy atom. The maximum Gasteiger partial charge on any atom is 0.229 e. The monoisotopic (exact) mass is 532 g/mol. The SMILES string of the molecule is C=CC[C@@]1(C)C[C@H](c2cccc(Cl)c2)[C@@H](c2ccc(Cl)cc2)N(C(CC)c2cccc(C3CC3)n2)C1=O. The number of hydrogen-bond donors (Lipinski definition) is 0. The van der Waals surface area contributed by atoms with Gasteiger partial charge in [-0.1, -0.05) is 73.5 Å². The fraction of sp³-hybridized carbons (Fsp3) is 0.375. The zero-order valence-corrected chi connectivity index (χ0v) is 23.1. The van der Waals surface area contributed by atoms with Crippen molar-refractivity contribution >= 4 is 29.1 Å². The molecule has 1 aromatic heterocycles. The van der Waals surface area contributed by atoms with E-state index in [9.17, 15) is 4.79 Å². The Morgan fingerprint density at radius 3 is 2.43 bits per heavy atom. The van der Waals surface area contributed by atoms with E-state index in [0.29, 0.717) is 28.8 Å². The molecular weight excluding hydrogens is 499 g/mol. The summed E-state index contributed by atoms with van der Waals surface area (Å²) in [6.45, 7) is 8.23. The van der Waals surface area contributed by atoms with Gasteiger partial charge >= 0.3 is 0 Å². The minimum absolute atomic E-state index is 0.0446. The lowest BCUT2D eigenvalue weighted by molar-refractivity contribution is -0.155. The topological polar surface area (TPSA) is 33.2 Å². The van der Waals surface area contributed by atoms with E-state index in [-0.39, 0.29) is 23.9 Å². The Balaban J connectivity index is 1.69. The molecule has 3 nitrogen and oxygen atoms in total. The van der Waals surface area contributed by atoms with E-state index in [1.807, 2.05) is 36.4 Å². The highest BCUT2D eigenvalue weighted by molar-refractivity contribution is 6.30. The summed E-state index contributed by atoms with van der Waals surface area (Å²) in [7, 11) is 0. The molecule has 4 atom stereocenters. The standard InChI is InChI=1S/C32H34Cl2N2O/c1-4-18-32(3)20-26(23-8-6-9-25(34)19-23)30(22-14-16-24(33)17-15-22)36(31(32)37)29(5-2)28-11-7-10-27(35-28)21-12-13-21/h4,6-11,14-17,19,21,26,29-30H,1,5,12-13,18,20H2,2-3H3/t26-,29?,30-,32+/m1/s1. The van der Waals surface area contributed by atoms with Crippen LogP contribution in [0.5, 0.6) is 0 Å². The maximum atomic E-state index is 14.5. The van der Waals surface area contributed by atoms with Crippen LogP contribution in [0, 0.1) is 5.41 Å². The molecule has 5 heteroatoms. The van der Waals surface area contributed by atoms with E-state index < -0.39 is 5.41 Å². The number of hydrogen-bond acceptors (Lipinski definition) is 2. The fourth-order valence-corrected chi connectivity index (χ4v) is 6.37. The van der Waals surface area contributed by atoms with Crippen LogP contribution in [0.4, 0.5) is 0 Å². The maximum absolute atomic E-state index is 14.5. The molecule has 1 saturated carbocycles. The summed E-state index contributed by atoms with van der Waals surface area (Å²) in [5.41, 5.74) is 3.73. The summed E-state index contributed by atoms with van der Waals surface area (Å²) in [5, 5.41) is 1.38. The van der Waals surface area contributed by atoms with Crippen LogP contribution in [0.2, 0.25) is 10.0 Å². The largest absolute Gasteiger partial charge is 0.326 e. The van der Waals surface area contributed by atoms with Gasteiger partial charge in [-0.3, -0.25) is 9.78 Å². The lowest BCUT2D eigenvalue weighted by atomic mass is 9.67. The average molecular weight is 534 g/mol. The fourth-order valence-electron chi connectivity index (χ4n) is 6.04. The number of rotatable bonds is 8. The number of halogens is 2. The van der Waals surface area contributed by atoms with E-state index in [0.717, 1.165) is 28.9 Å². The van der Waals surface area contributed by atoms with Gasteiger partial charge in [-0.05, 0) is 79.6 Å². The predicted octanol–water partition coefficient (Wildman–Crippen LogP) is 9.06. The Labute approximate surface area is 230 Å². The van der Waals surface area contributed by atoms with Gasteiger partial charge in [-0.2, -0.15) is 0 Å². The molecule has 2 heterocycles. The van der Waals surface area contributed by atoms with Crippen LogP contribution in [0.15, 0.2) is 79.4 Å². The second-order valence-electron chi connectivity index (χ2n) is 10.8. The summed E-state index contributed by atoms with van der Waals surface area (Å²) in [6, 6.07) is 22.0. The molecule has 1 saturated heterocycles. The molecule has 192 valence electrons. The summed E-state index contributed by atoms with van der Waals surface area (Å²) < 4.78 is 0. The third-order valence-electron chi connectivity index (χ3n) is 8.04. The summed E-state index contributed by atoms with van der Waals surface area (Å²) in [5.74, 6) is 0.742. The van der Waals surface area contributed by atoms with E-state index in [1.54, 1.807) is 0 Å². The number of piperidine rings is 1. The molecular formula is C32H34Cl2N2O. The quantitative estimate of drug-likeness (QED) is 0.271. The van der Waals surface area contributed by atoms with Crippen molar-refractivity contribution in [3.63, 3.8) is 0 Å². The zero-order valence-electron chi connectivity index (χ0n) is 21.5. The first-order chi connectivity index (χ1) is 17.8. The van der Waals surface area contributed by atoms with Gasteiger partial charge < -0.3 is 4.90 Å². The van der Waals surface area contributed by atoms with Crippen LogP contribution in [0.1, 0.15) is 92.4 Å². The van der Waals surface area contributed by atoms with Gasteiger partial charge in [0.1, 0.15) is 0 Å². The number of nitrogens with zero attached hydrogens (tertiary/aromatic N) is 2. The van der Waals surface area contributed by atoms with Crippen LogP contribution in [0.25, 0.3) is 0 Å². The number of allylic oxidation sites excluding steroid dienone is 1. The molecule has 1 amide bonds. The second-order valence-corrected chi connectivity index (χ2v) is 11.7. The lowest BCUT2D eigenvalue weighted by Gasteiger charge is -2.52. The first-order valence-electron chi connectivity index (χ1n) is 13.3. The molecule has 0 bridgehead atoms. The van der Waals surface area contributed by atoms with Crippen molar-refractivity contribution in [1.29, 1.82) is 0 Å². The third kappa shape index (κ3) is 5.22. The highest BCUT2D eigenvalue weighted by atomic mass is 35.5. The average Bonchev–Trinajstić information content (AvgIpc) is 3.74. The van der Waals surface area contributed by atoms with Crippen molar-refractivity contribution in [2.45, 2.75) is 69.9 Å². The molecule has 1 aliphatic heterocycles. The Hall–Kier alpha value is -2.62. The molecule has 2 fully saturated rings. The van der Waals surface area contributed by atoms with Crippen molar-refractivity contribution in [2.75, 3.05) is 0 Å². The molecule has 2 aliphatic rings. The predicted molar refractivity (Wildman–Crippen MR) is 152 cm³/mol. The molecule has 0 spiro atoms. The normalized spacial score (nSPS) is 24.6. The summed E-state index contributed by atoms with van der Waals surface area (Å²) >= 11 is 12.8. The molecule has 1 unspecified atom stereocenters. The lowest BCUT2D eigenvalue weighted by Crippen LogP contribution is -2.53. The first kappa shape index (κ1) is 26.0. The van der Waals surface area contributed by atoms with Crippen LogP contribution in [0.3, 0.4) is 0 Å². The molecule has 3 aromatic rings. The van der Waals surface area contributed by atoms with E-state index in [1.165, 1.54) is 12.8 Å². The molecule has 5 rings (SSSR count). The molecule has 1 aliphatic carbocycles. The molecule has 37 heavy (non-hydrogen) atoms. The molecule has 0 radical (unpaired) electrons. The van der Waals surface area contributed by atoms with E-state index in [4.69, 9.17) is 28.2 Å². The van der Waals surface area contributed by atoms with Crippen molar-refractivity contribution in [2.24, 2.45) is 5.41 Å². The second kappa shape index (κ2) is 10.6. The van der Waals surface area contributed by atoms with Crippen molar-refractivity contribution in [3.8, 4) is 0 Å². The number of amides is 1. The van der Waals surface area contributed by atoms with Gasteiger partial charge in [0.15, 0.2) is 0 Å². The number of likely N-dealkylation sites (tertiary alicyclic amines) is 1. The Kier molecular flexibility index (Phi) is 7.47. The number of carbonyl (C=O) groups excluding carboxylic acids is 1. The van der Waals surface area contributed by atoms with Gasteiger partial charge in [-0.25, -0.2) is 0 Å². The minimum atomic E-state index is -0.584. The van der Waals surface area contributed by atoms with Gasteiger partial charge in [0, 0.05) is 27.6 Å². The van der Waals surface area contributed by atoms with Gasteiger partial charge in [0.2, 0.25) is 5.91 Å². The van der Waals surface area contributed by atoms with Gasteiger partial charge in [0.25, 0.3) is 0 Å².